The number of hydrogen-bond donors (Lipinski definition) is 0. The Morgan fingerprint density at radius 1 is 0.964 bits per heavy atom. The minimum atomic E-state index is 0.469. The van der Waals surface area contributed by atoms with Crippen LogP contribution < -0.4 is 0 Å². The zero-order valence-corrected chi connectivity index (χ0v) is 15.8. The van der Waals surface area contributed by atoms with Gasteiger partial charge in [0.05, 0.1) is 39.8 Å². The van der Waals surface area contributed by atoms with Crippen LogP contribution in [0.2, 0.25) is 0 Å². The topological polar surface area (TPSA) is 96.1 Å². The summed E-state index contributed by atoms with van der Waals surface area (Å²) in [4.78, 5) is 4.79. The quantitative estimate of drug-likeness (QED) is 0.535. The third-order valence-electron chi connectivity index (χ3n) is 4.82. The molecule has 0 radical (unpaired) electrons. The molecule has 0 saturated carbocycles. The zero-order chi connectivity index (χ0) is 19.7. The highest BCUT2D eigenvalue weighted by molar-refractivity contribution is 5.78. The standard InChI is InChI=1S/C21H19N7/c1-14(2)7-8-27-19-5-3-15(11-22)9-17(19)24-21(27)13-28-20-6-4-16(12-23)10-18(20)25-26-28/h3-6,9-10,14H,7-8,13H2,1-2H3. The van der Waals surface area contributed by atoms with Crippen LogP contribution in [0.15, 0.2) is 36.4 Å². The van der Waals surface area contributed by atoms with Crippen molar-refractivity contribution < 1.29 is 0 Å². The van der Waals surface area contributed by atoms with Gasteiger partial charge in [-0.25, -0.2) is 9.67 Å². The largest absolute Gasteiger partial charge is 0.326 e. The van der Waals surface area contributed by atoms with E-state index >= 15 is 0 Å². The van der Waals surface area contributed by atoms with E-state index in [0.717, 1.165) is 35.3 Å². The van der Waals surface area contributed by atoms with Crippen LogP contribution in [0.4, 0.5) is 0 Å². The lowest BCUT2D eigenvalue weighted by atomic mass is 10.1. The molecule has 0 N–H and O–H groups in total. The minimum absolute atomic E-state index is 0.469. The molecule has 2 aromatic carbocycles. The van der Waals surface area contributed by atoms with Crippen LogP contribution in [0.3, 0.4) is 0 Å². The molecular formula is C21H19N7. The summed E-state index contributed by atoms with van der Waals surface area (Å²) in [7, 11) is 0. The van der Waals surface area contributed by atoms with Gasteiger partial charge >= 0.3 is 0 Å². The molecule has 2 heterocycles. The van der Waals surface area contributed by atoms with Crippen LogP contribution in [0.5, 0.6) is 0 Å². The molecule has 0 aliphatic rings. The van der Waals surface area contributed by atoms with Crippen LogP contribution in [-0.2, 0) is 13.1 Å². The summed E-state index contributed by atoms with van der Waals surface area (Å²) in [5, 5.41) is 26.7. The van der Waals surface area contributed by atoms with E-state index in [9.17, 15) is 5.26 Å². The number of fused-ring (bicyclic) bond motifs is 2. The van der Waals surface area contributed by atoms with Crippen molar-refractivity contribution in [3.63, 3.8) is 0 Å². The second kappa shape index (κ2) is 7.13. The van der Waals surface area contributed by atoms with Crippen molar-refractivity contribution >= 4 is 22.1 Å². The average Bonchev–Trinajstić information content (AvgIpc) is 3.26. The number of nitriles is 2. The van der Waals surface area contributed by atoms with E-state index in [1.54, 1.807) is 16.8 Å². The molecule has 7 nitrogen and oxygen atoms in total. The fourth-order valence-electron chi connectivity index (χ4n) is 3.30. The van der Waals surface area contributed by atoms with Crippen molar-refractivity contribution in [3.05, 3.63) is 53.3 Å². The lowest BCUT2D eigenvalue weighted by Gasteiger charge is -2.11. The Hall–Kier alpha value is -3.71. The number of aromatic nitrogens is 5. The van der Waals surface area contributed by atoms with Gasteiger partial charge in [-0.3, -0.25) is 0 Å². The van der Waals surface area contributed by atoms with Gasteiger partial charge in [0.15, 0.2) is 0 Å². The number of aryl methyl sites for hydroxylation is 1. The molecule has 0 spiro atoms. The maximum Gasteiger partial charge on any atom is 0.131 e. The number of benzene rings is 2. The van der Waals surface area contributed by atoms with Gasteiger partial charge in [0.1, 0.15) is 17.9 Å². The molecule has 0 amide bonds. The molecule has 0 fully saturated rings. The summed E-state index contributed by atoms with van der Waals surface area (Å²) < 4.78 is 4.00. The van der Waals surface area contributed by atoms with E-state index in [2.05, 4.69) is 40.9 Å². The zero-order valence-electron chi connectivity index (χ0n) is 15.8. The van der Waals surface area contributed by atoms with E-state index in [-0.39, 0.29) is 0 Å². The Morgan fingerprint density at radius 3 is 2.32 bits per heavy atom. The van der Waals surface area contributed by atoms with Crippen molar-refractivity contribution in [1.82, 2.24) is 24.5 Å². The lowest BCUT2D eigenvalue weighted by Crippen LogP contribution is -2.11. The molecule has 138 valence electrons. The Morgan fingerprint density at radius 2 is 1.64 bits per heavy atom. The van der Waals surface area contributed by atoms with Crippen molar-refractivity contribution in [1.29, 1.82) is 10.5 Å². The molecule has 0 saturated heterocycles. The van der Waals surface area contributed by atoms with Crippen LogP contribution in [0.25, 0.3) is 22.1 Å². The van der Waals surface area contributed by atoms with Crippen LogP contribution in [0, 0.1) is 28.6 Å². The monoisotopic (exact) mass is 369 g/mol. The first-order chi connectivity index (χ1) is 13.6. The van der Waals surface area contributed by atoms with Gasteiger partial charge in [0.25, 0.3) is 0 Å². The van der Waals surface area contributed by atoms with Crippen LogP contribution >= 0.6 is 0 Å². The van der Waals surface area contributed by atoms with Crippen molar-refractivity contribution in [3.8, 4) is 12.1 Å². The average molecular weight is 369 g/mol. The van der Waals surface area contributed by atoms with E-state index in [1.165, 1.54) is 0 Å². The summed E-state index contributed by atoms with van der Waals surface area (Å²) >= 11 is 0. The molecule has 0 aliphatic heterocycles. The molecule has 28 heavy (non-hydrogen) atoms. The Bertz CT molecular complexity index is 1250. The van der Waals surface area contributed by atoms with Crippen molar-refractivity contribution in [2.45, 2.75) is 33.4 Å². The molecule has 0 bridgehead atoms. The predicted octanol–water partition coefficient (Wildman–Crippen LogP) is 3.62. The van der Waals surface area contributed by atoms with Gasteiger partial charge in [0.2, 0.25) is 0 Å². The van der Waals surface area contributed by atoms with Gasteiger partial charge in [-0.1, -0.05) is 19.1 Å². The fourth-order valence-corrected chi connectivity index (χ4v) is 3.30. The third-order valence-corrected chi connectivity index (χ3v) is 4.82. The first-order valence-electron chi connectivity index (χ1n) is 9.21. The van der Waals surface area contributed by atoms with Gasteiger partial charge in [-0.2, -0.15) is 10.5 Å². The summed E-state index contributed by atoms with van der Waals surface area (Å²) in [6, 6.07) is 15.3. The van der Waals surface area contributed by atoms with Crippen LogP contribution in [-0.4, -0.2) is 24.5 Å². The Balaban J connectivity index is 1.78. The normalized spacial score (nSPS) is 11.2. The molecule has 0 atom stereocenters. The molecule has 0 unspecified atom stereocenters. The number of nitrogens with zero attached hydrogens (tertiary/aromatic N) is 7. The first kappa shape index (κ1) is 17.7. The van der Waals surface area contributed by atoms with E-state index in [4.69, 9.17) is 10.2 Å². The van der Waals surface area contributed by atoms with E-state index < -0.39 is 0 Å². The summed E-state index contributed by atoms with van der Waals surface area (Å²) in [5.41, 5.74) is 4.55. The first-order valence-corrected chi connectivity index (χ1v) is 9.21. The summed E-state index contributed by atoms with van der Waals surface area (Å²) in [6.45, 7) is 5.71. The smallest absolute Gasteiger partial charge is 0.131 e. The molecule has 0 aliphatic carbocycles. The molecule has 7 heteroatoms. The second-order valence-corrected chi connectivity index (χ2v) is 7.24. The third kappa shape index (κ3) is 3.19. The molecule has 2 aromatic heterocycles. The maximum absolute atomic E-state index is 9.19. The predicted molar refractivity (Wildman–Crippen MR) is 105 cm³/mol. The highest BCUT2D eigenvalue weighted by atomic mass is 15.4. The van der Waals surface area contributed by atoms with Crippen LogP contribution in [0.1, 0.15) is 37.2 Å². The Kier molecular flexibility index (Phi) is 4.50. The number of imidazole rings is 1. The molecule has 4 aromatic rings. The summed E-state index contributed by atoms with van der Waals surface area (Å²) in [5.74, 6) is 1.45. The van der Waals surface area contributed by atoms with E-state index in [0.29, 0.717) is 29.1 Å². The van der Waals surface area contributed by atoms with Gasteiger partial charge in [-0.05, 0) is 48.7 Å². The van der Waals surface area contributed by atoms with Crippen molar-refractivity contribution in [2.24, 2.45) is 5.92 Å². The lowest BCUT2D eigenvalue weighted by molar-refractivity contribution is 0.503. The van der Waals surface area contributed by atoms with Gasteiger partial charge < -0.3 is 4.57 Å². The van der Waals surface area contributed by atoms with Gasteiger partial charge in [0, 0.05) is 6.54 Å². The molecule has 4 rings (SSSR count). The van der Waals surface area contributed by atoms with Crippen molar-refractivity contribution in [2.75, 3.05) is 0 Å². The number of rotatable bonds is 5. The molecular weight excluding hydrogens is 350 g/mol. The van der Waals surface area contributed by atoms with Gasteiger partial charge in [-0.15, -0.1) is 5.10 Å². The van der Waals surface area contributed by atoms with E-state index in [1.807, 2.05) is 24.3 Å². The Labute approximate surface area is 162 Å². The minimum Gasteiger partial charge on any atom is -0.326 e. The summed E-state index contributed by atoms with van der Waals surface area (Å²) in [6.07, 6.45) is 1.03. The highest BCUT2D eigenvalue weighted by Gasteiger charge is 2.15. The maximum atomic E-state index is 9.19. The SMILES string of the molecule is CC(C)CCn1c(Cn2nnc3cc(C#N)ccc32)nc2cc(C#N)ccc21. The fraction of sp³-hybridized carbons (Fsp3) is 0.286. The number of hydrogen-bond acceptors (Lipinski definition) is 5. The second-order valence-electron chi connectivity index (χ2n) is 7.24. The highest BCUT2D eigenvalue weighted by Crippen LogP contribution is 2.21.